The van der Waals surface area contributed by atoms with Crippen LogP contribution in [0.4, 0.5) is 0 Å². The third-order valence-corrected chi connectivity index (χ3v) is 6.13. The van der Waals surface area contributed by atoms with Crippen molar-refractivity contribution in [3.8, 4) is 0 Å². The molecule has 148 valence electrons. The van der Waals surface area contributed by atoms with E-state index in [2.05, 4.69) is 33.8 Å². The lowest BCUT2D eigenvalue weighted by atomic mass is 9.82. The van der Waals surface area contributed by atoms with Crippen molar-refractivity contribution in [1.29, 1.82) is 0 Å². The molecule has 0 aliphatic carbocycles. The highest BCUT2D eigenvalue weighted by atomic mass is 16.6. The molecule has 4 nitrogen and oxygen atoms in total. The van der Waals surface area contributed by atoms with Crippen LogP contribution < -0.4 is 0 Å². The van der Waals surface area contributed by atoms with Gasteiger partial charge in [0.15, 0.2) is 0 Å². The van der Waals surface area contributed by atoms with Gasteiger partial charge in [-0.2, -0.15) is 0 Å². The van der Waals surface area contributed by atoms with E-state index in [1.165, 1.54) is 12.5 Å². The fourth-order valence-corrected chi connectivity index (χ4v) is 4.32. The fourth-order valence-electron chi connectivity index (χ4n) is 4.32. The molecule has 0 unspecified atom stereocenters. The second-order valence-electron chi connectivity index (χ2n) is 8.81. The van der Waals surface area contributed by atoms with E-state index in [1.807, 2.05) is 13.0 Å². The minimum atomic E-state index is -0.470. The number of hydrogen-bond donors (Lipinski definition) is 1. The van der Waals surface area contributed by atoms with Crippen LogP contribution in [0.15, 0.2) is 23.3 Å². The Bertz CT molecular complexity index is 577. The van der Waals surface area contributed by atoms with Crippen molar-refractivity contribution in [2.45, 2.75) is 103 Å². The first-order chi connectivity index (χ1) is 12.1. The Hall–Kier alpha value is -1.13. The number of allylic oxidation sites excluding steroid dienone is 1. The summed E-state index contributed by atoms with van der Waals surface area (Å²) < 4.78 is 12.4. The number of esters is 1. The van der Waals surface area contributed by atoms with E-state index in [0.717, 1.165) is 31.3 Å². The van der Waals surface area contributed by atoms with E-state index in [0.29, 0.717) is 18.8 Å². The summed E-state index contributed by atoms with van der Waals surface area (Å²) in [7, 11) is 0. The molecule has 2 aliphatic rings. The second-order valence-corrected chi connectivity index (χ2v) is 8.81. The number of hydrogen-bond acceptors (Lipinski definition) is 4. The molecule has 0 saturated carbocycles. The van der Waals surface area contributed by atoms with Crippen LogP contribution in [-0.4, -0.2) is 34.5 Å². The standard InChI is InChI=1S/C22H36O4/c1-15(2)22-10-9-17(4)14-19(24)13-16(3)7-8-20(25-18(5)23)21(6,26-22)11-12-22/h9,13,15,19-20,24H,7-8,10-12,14H2,1-6H3/b16-13-,17-9+/t19-,20+,21+,22-/m0/s1. The molecule has 1 fully saturated rings. The number of aliphatic hydroxyl groups is 1. The molecular weight excluding hydrogens is 328 g/mol. The van der Waals surface area contributed by atoms with Gasteiger partial charge >= 0.3 is 5.97 Å². The highest BCUT2D eigenvalue weighted by Gasteiger charge is 2.52. The first kappa shape index (κ1) is 21.2. The minimum Gasteiger partial charge on any atom is -0.459 e. The van der Waals surface area contributed by atoms with Gasteiger partial charge in [0.25, 0.3) is 0 Å². The van der Waals surface area contributed by atoms with Crippen molar-refractivity contribution in [1.82, 2.24) is 0 Å². The third-order valence-electron chi connectivity index (χ3n) is 6.13. The molecule has 0 aromatic rings. The number of aliphatic hydroxyl groups excluding tert-OH is 1. The van der Waals surface area contributed by atoms with Gasteiger partial charge in [0.2, 0.25) is 0 Å². The predicted octanol–water partition coefficient (Wildman–Crippen LogP) is 4.71. The van der Waals surface area contributed by atoms with Crippen molar-refractivity contribution in [2.75, 3.05) is 0 Å². The van der Waals surface area contributed by atoms with Crippen molar-refractivity contribution in [2.24, 2.45) is 5.92 Å². The Morgan fingerprint density at radius 1 is 1.31 bits per heavy atom. The fraction of sp³-hybridized carbons (Fsp3) is 0.773. The van der Waals surface area contributed by atoms with Gasteiger partial charge in [0.1, 0.15) is 11.7 Å². The van der Waals surface area contributed by atoms with Gasteiger partial charge in [-0.15, -0.1) is 0 Å². The molecule has 1 saturated heterocycles. The summed E-state index contributed by atoms with van der Waals surface area (Å²) in [4.78, 5) is 11.7. The lowest BCUT2D eigenvalue weighted by Crippen LogP contribution is -2.46. The highest BCUT2D eigenvalue weighted by Crippen LogP contribution is 2.48. The molecule has 0 radical (unpaired) electrons. The maximum atomic E-state index is 11.7. The number of fused-ring (bicyclic) bond motifs is 2. The highest BCUT2D eigenvalue weighted by molar-refractivity contribution is 5.66. The first-order valence-electron chi connectivity index (χ1n) is 9.95. The average molecular weight is 365 g/mol. The van der Waals surface area contributed by atoms with Crippen LogP contribution in [0.2, 0.25) is 0 Å². The molecule has 4 heteroatoms. The van der Waals surface area contributed by atoms with Gasteiger partial charge in [-0.25, -0.2) is 0 Å². The summed E-state index contributed by atoms with van der Waals surface area (Å²) in [5, 5.41) is 10.3. The van der Waals surface area contributed by atoms with Crippen LogP contribution in [0.3, 0.4) is 0 Å². The van der Waals surface area contributed by atoms with Crippen LogP contribution in [-0.2, 0) is 14.3 Å². The summed E-state index contributed by atoms with van der Waals surface area (Å²) in [5.41, 5.74) is 1.61. The molecule has 0 aromatic carbocycles. The van der Waals surface area contributed by atoms with Crippen molar-refractivity contribution in [3.63, 3.8) is 0 Å². The van der Waals surface area contributed by atoms with Gasteiger partial charge in [-0.05, 0) is 65.2 Å². The molecule has 2 rings (SSSR count). The van der Waals surface area contributed by atoms with Crippen molar-refractivity contribution >= 4 is 5.97 Å². The van der Waals surface area contributed by atoms with E-state index >= 15 is 0 Å². The molecular formula is C22H36O4. The van der Waals surface area contributed by atoms with Gasteiger partial charge < -0.3 is 14.6 Å². The lowest BCUT2D eigenvalue weighted by Gasteiger charge is -2.39. The summed E-state index contributed by atoms with van der Waals surface area (Å²) in [6, 6.07) is 0. The van der Waals surface area contributed by atoms with E-state index < -0.39 is 11.7 Å². The molecule has 1 N–H and O–H groups in total. The van der Waals surface area contributed by atoms with E-state index in [1.54, 1.807) is 0 Å². The molecule has 2 bridgehead atoms. The van der Waals surface area contributed by atoms with Crippen LogP contribution >= 0.6 is 0 Å². The molecule has 2 aliphatic heterocycles. The maximum absolute atomic E-state index is 11.7. The van der Waals surface area contributed by atoms with Gasteiger partial charge in [0.05, 0.1) is 11.7 Å². The lowest BCUT2D eigenvalue weighted by molar-refractivity contribution is -0.186. The van der Waals surface area contributed by atoms with Crippen molar-refractivity contribution in [3.05, 3.63) is 23.3 Å². The summed E-state index contributed by atoms with van der Waals surface area (Å²) in [5.74, 6) is 0.102. The topological polar surface area (TPSA) is 55.8 Å². The Kier molecular flexibility index (Phi) is 6.73. The maximum Gasteiger partial charge on any atom is 0.303 e. The molecule has 4 atom stereocenters. The minimum absolute atomic E-state index is 0.240. The number of carbonyl (C=O) groups is 1. The summed E-state index contributed by atoms with van der Waals surface area (Å²) >= 11 is 0. The van der Waals surface area contributed by atoms with Gasteiger partial charge in [-0.1, -0.05) is 37.1 Å². The quantitative estimate of drug-likeness (QED) is 0.569. The Morgan fingerprint density at radius 2 is 2.00 bits per heavy atom. The summed E-state index contributed by atoms with van der Waals surface area (Å²) in [6.45, 7) is 12.1. The average Bonchev–Trinajstić information content (AvgIpc) is 2.88. The second kappa shape index (κ2) is 8.26. The molecule has 0 amide bonds. The zero-order valence-corrected chi connectivity index (χ0v) is 17.3. The molecule has 26 heavy (non-hydrogen) atoms. The van der Waals surface area contributed by atoms with Gasteiger partial charge in [-0.3, -0.25) is 4.79 Å². The number of ether oxygens (including phenoxy) is 2. The Morgan fingerprint density at radius 3 is 2.62 bits per heavy atom. The SMILES string of the molecule is CC(=O)O[C@@H]1CC/C(C)=C\[C@H](O)C/C(C)=C/C[C@@]2(C(C)C)CC[C@@]1(C)O2. The van der Waals surface area contributed by atoms with Crippen LogP contribution in [0.5, 0.6) is 0 Å². The summed E-state index contributed by atoms with van der Waals surface area (Å²) in [6.07, 6.45) is 8.23. The monoisotopic (exact) mass is 364 g/mol. The normalized spacial score (nSPS) is 40.5. The van der Waals surface area contributed by atoms with Gasteiger partial charge in [0, 0.05) is 6.92 Å². The largest absolute Gasteiger partial charge is 0.459 e. The smallest absolute Gasteiger partial charge is 0.303 e. The zero-order valence-electron chi connectivity index (χ0n) is 17.3. The Balaban J connectivity index is 2.39. The Labute approximate surface area is 158 Å². The number of rotatable bonds is 2. The van der Waals surface area contributed by atoms with E-state index in [-0.39, 0.29) is 17.7 Å². The number of carbonyl (C=O) groups excluding carboxylic acids is 1. The molecule has 2 heterocycles. The predicted molar refractivity (Wildman–Crippen MR) is 104 cm³/mol. The molecule has 0 aromatic heterocycles. The van der Waals surface area contributed by atoms with Crippen LogP contribution in [0, 0.1) is 5.92 Å². The van der Waals surface area contributed by atoms with Crippen molar-refractivity contribution < 1.29 is 19.4 Å². The third kappa shape index (κ3) is 4.98. The van der Waals surface area contributed by atoms with Crippen LogP contribution in [0.1, 0.15) is 80.1 Å². The molecule has 0 spiro atoms. The van der Waals surface area contributed by atoms with Crippen LogP contribution in [0.25, 0.3) is 0 Å². The van der Waals surface area contributed by atoms with E-state index in [9.17, 15) is 9.90 Å². The zero-order chi connectivity index (χ0) is 19.5. The van der Waals surface area contributed by atoms with E-state index in [4.69, 9.17) is 9.47 Å². The first-order valence-corrected chi connectivity index (χ1v) is 9.95.